The number of halogens is 1. The van der Waals surface area contributed by atoms with Crippen LogP contribution in [-0.2, 0) is 21.4 Å². The van der Waals surface area contributed by atoms with Gasteiger partial charge < -0.3 is 9.64 Å². The Morgan fingerprint density at radius 2 is 1.90 bits per heavy atom. The van der Waals surface area contributed by atoms with Gasteiger partial charge in [0.1, 0.15) is 5.82 Å². The van der Waals surface area contributed by atoms with Crippen molar-refractivity contribution in [2.45, 2.75) is 39.5 Å². The lowest BCUT2D eigenvalue weighted by molar-refractivity contribution is -0.116. The van der Waals surface area contributed by atoms with E-state index in [4.69, 9.17) is 4.74 Å². The minimum atomic E-state index is -0.566. The van der Waals surface area contributed by atoms with E-state index in [9.17, 15) is 14.0 Å². The highest BCUT2D eigenvalue weighted by Gasteiger charge is 2.41. The fourth-order valence-electron chi connectivity index (χ4n) is 4.09. The van der Waals surface area contributed by atoms with Crippen LogP contribution in [0.25, 0.3) is 5.65 Å². The lowest BCUT2D eigenvalue weighted by atomic mass is 9.90. The zero-order valence-electron chi connectivity index (χ0n) is 17.4. The van der Waals surface area contributed by atoms with Crippen molar-refractivity contribution >= 4 is 23.2 Å². The van der Waals surface area contributed by atoms with Crippen molar-refractivity contribution in [3.05, 3.63) is 58.8 Å². The maximum absolute atomic E-state index is 13.3. The molecule has 156 valence electrons. The summed E-state index contributed by atoms with van der Waals surface area (Å²) in [6.45, 7) is 7.98. The van der Waals surface area contributed by atoms with Crippen LogP contribution in [0.4, 0.5) is 10.1 Å². The minimum Gasteiger partial charge on any atom is -0.460 e. The Labute approximate surface area is 173 Å². The molecule has 30 heavy (non-hydrogen) atoms. The highest BCUT2D eigenvalue weighted by Crippen LogP contribution is 2.42. The summed E-state index contributed by atoms with van der Waals surface area (Å²) < 4.78 is 20.2. The Hall–Kier alpha value is -3.29. The Bertz CT molecular complexity index is 1150. The van der Waals surface area contributed by atoms with Crippen LogP contribution >= 0.6 is 0 Å². The lowest BCUT2D eigenvalue weighted by Gasteiger charge is -2.20. The number of ether oxygens (including phenoxy) is 1. The summed E-state index contributed by atoms with van der Waals surface area (Å²) in [4.78, 5) is 26.6. The quantitative estimate of drug-likeness (QED) is 0.617. The van der Waals surface area contributed by atoms with Gasteiger partial charge in [0.2, 0.25) is 11.7 Å². The SMILES string of the molecule is CCOC(=O)c1nnc2c(Cc3ccc(F)cc3)cc3c(n12)C(C)(C)CN3C(C)=O. The van der Waals surface area contributed by atoms with E-state index in [1.165, 1.54) is 19.1 Å². The van der Waals surface area contributed by atoms with Gasteiger partial charge in [-0.05, 0) is 30.7 Å². The molecule has 7 nitrogen and oxygen atoms in total. The molecule has 0 fully saturated rings. The maximum Gasteiger partial charge on any atom is 0.376 e. The number of amides is 1. The second kappa shape index (κ2) is 7.19. The number of nitrogens with zero attached hydrogens (tertiary/aromatic N) is 4. The number of anilines is 1. The number of esters is 1. The molecular weight excluding hydrogens is 387 g/mol. The summed E-state index contributed by atoms with van der Waals surface area (Å²) in [7, 11) is 0. The van der Waals surface area contributed by atoms with Crippen LogP contribution in [0.1, 0.15) is 55.1 Å². The number of aromatic nitrogens is 3. The summed E-state index contributed by atoms with van der Waals surface area (Å²) in [5.74, 6) is -0.875. The zero-order valence-corrected chi connectivity index (χ0v) is 17.4. The molecule has 0 unspecified atom stereocenters. The van der Waals surface area contributed by atoms with E-state index in [1.807, 2.05) is 19.9 Å². The van der Waals surface area contributed by atoms with E-state index in [0.29, 0.717) is 18.6 Å². The standard InChI is InChI=1S/C22H23FN4O3/c1-5-30-21(29)20-25-24-19-15(10-14-6-8-16(23)9-7-14)11-17-18(27(19)20)22(3,4)12-26(17)13(2)28/h6-9,11H,5,10,12H2,1-4H3. The normalized spacial score (nSPS) is 14.8. The third-order valence-electron chi connectivity index (χ3n) is 5.36. The van der Waals surface area contributed by atoms with E-state index in [2.05, 4.69) is 10.2 Å². The molecule has 1 aliphatic heterocycles. The average Bonchev–Trinajstić information content (AvgIpc) is 3.23. The van der Waals surface area contributed by atoms with Crippen LogP contribution in [0.2, 0.25) is 0 Å². The summed E-state index contributed by atoms with van der Waals surface area (Å²) in [5.41, 5.74) is 3.29. The minimum absolute atomic E-state index is 0.0836. The van der Waals surface area contributed by atoms with Crippen LogP contribution in [0.5, 0.6) is 0 Å². The highest BCUT2D eigenvalue weighted by atomic mass is 19.1. The van der Waals surface area contributed by atoms with Gasteiger partial charge in [0, 0.05) is 30.9 Å². The topological polar surface area (TPSA) is 76.8 Å². The monoisotopic (exact) mass is 410 g/mol. The summed E-state index contributed by atoms with van der Waals surface area (Å²) in [6.07, 6.45) is 0.449. The third-order valence-corrected chi connectivity index (χ3v) is 5.36. The van der Waals surface area contributed by atoms with Crippen LogP contribution in [0.3, 0.4) is 0 Å². The smallest absolute Gasteiger partial charge is 0.376 e. The molecule has 1 aliphatic rings. The zero-order chi connectivity index (χ0) is 21.6. The molecule has 0 aliphatic carbocycles. The van der Waals surface area contributed by atoms with E-state index < -0.39 is 11.4 Å². The Kier molecular flexibility index (Phi) is 4.80. The van der Waals surface area contributed by atoms with Crippen molar-refractivity contribution in [3.8, 4) is 0 Å². The molecule has 0 N–H and O–H groups in total. The Morgan fingerprint density at radius 1 is 1.20 bits per heavy atom. The fraction of sp³-hybridized carbons (Fsp3) is 0.364. The second-order valence-electron chi connectivity index (χ2n) is 8.10. The van der Waals surface area contributed by atoms with Crippen molar-refractivity contribution in [1.29, 1.82) is 0 Å². The second-order valence-corrected chi connectivity index (χ2v) is 8.10. The first-order valence-corrected chi connectivity index (χ1v) is 9.84. The number of carbonyl (C=O) groups excluding carboxylic acids is 2. The summed E-state index contributed by atoms with van der Waals surface area (Å²) in [6, 6.07) is 8.13. The molecule has 8 heteroatoms. The predicted octanol–water partition coefficient (Wildman–Crippen LogP) is 3.28. The summed E-state index contributed by atoms with van der Waals surface area (Å²) >= 11 is 0. The molecule has 1 amide bonds. The van der Waals surface area contributed by atoms with E-state index >= 15 is 0 Å². The first kappa shape index (κ1) is 20.0. The number of fused-ring (bicyclic) bond motifs is 3. The first-order valence-electron chi connectivity index (χ1n) is 9.84. The number of hydrogen-bond donors (Lipinski definition) is 0. The van der Waals surface area contributed by atoms with Crippen molar-refractivity contribution in [3.63, 3.8) is 0 Å². The lowest BCUT2D eigenvalue weighted by Crippen LogP contribution is -2.32. The molecule has 0 spiro atoms. The fourth-order valence-corrected chi connectivity index (χ4v) is 4.09. The van der Waals surface area contributed by atoms with Gasteiger partial charge >= 0.3 is 5.97 Å². The van der Waals surface area contributed by atoms with Gasteiger partial charge in [-0.15, -0.1) is 10.2 Å². The van der Waals surface area contributed by atoms with Crippen molar-refractivity contribution in [2.24, 2.45) is 0 Å². The molecule has 4 rings (SSSR count). The van der Waals surface area contributed by atoms with E-state index in [1.54, 1.807) is 28.4 Å². The number of benzene rings is 1. The molecule has 1 aromatic carbocycles. The Morgan fingerprint density at radius 3 is 2.53 bits per heavy atom. The maximum atomic E-state index is 13.3. The van der Waals surface area contributed by atoms with Gasteiger partial charge in [-0.25, -0.2) is 9.18 Å². The molecule has 0 saturated heterocycles. The molecule has 3 heterocycles. The third kappa shape index (κ3) is 3.22. The first-order chi connectivity index (χ1) is 14.2. The van der Waals surface area contributed by atoms with Gasteiger partial charge in [-0.1, -0.05) is 26.0 Å². The molecule has 0 radical (unpaired) electrons. The van der Waals surface area contributed by atoms with E-state index in [-0.39, 0.29) is 24.2 Å². The van der Waals surface area contributed by atoms with Crippen LogP contribution in [0, 0.1) is 5.82 Å². The van der Waals surface area contributed by atoms with Gasteiger partial charge in [0.25, 0.3) is 0 Å². The van der Waals surface area contributed by atoms with Crippen molar-refractivity contribution < 1.29 is 18.7 Å². The van der Waals surface area contributed by atoms with Gasteiger partial charge in [-0.2, -0.15) is 0 Å². The summed E-state index contributed by atoms with van der Waals surface area (Å²) in [5, 5.41) is 8.40. The molecule has 2 aromatic heterocycles. The molecule has 3 aromatic rings. The van der Waals surface area contributed by atoms with Crippen LogP contribution in [0.15, 0.2) is 30.3 Å². The van der Waals surface area contributed by atoms with E-state index in [0.717, 1.165) is 22.5 Å². The van der Waals surface area contributed by atoms with Crippen LogP contribution in [-0.4, -0.2) is 39.6 Å². The molecule has 0 bridgehead atoms. The largest absolute Gasteiger partial charge is 0.460 e. The highest BCUT2D eigenvalue weighted by molar-refractivity contribution is 5.95. The number of rotatable bonds is 4. The number of carbonyl (C=O) groups is 2. The van der Waals surface area contributed by atoms with Crippen molar-refractivity contribution in [1.82, 2.24) is 14.6 Å². The average molecular weight is 410 g/mol. The number of pyridine rings is 1. The molecule has 0 atom stereocenters. The molecule has 0 saturated carbocycles. The molecular formula is C22H23FN4O3. The van der Waals surface area contributed by atoms with Gasteiger partial charge in [0.15, 0.2) is 5.65 Å². The predicted molar refractivity (Wildman–Crippen MR) is 109 cm³/mol. The van der Waals surface area contributed by atoms with Crippen LogP contribution < -0.4 is 4.90 Å². The van der Waals surface area contributed by atoms with Gasteiger partial charge in [0.05, 0.1) is 18.0 Å². The van der Waals surface area contributed by atoms with Crippen molar-refractivity contribution in [2.75, 3.05) is 18.1 Å². The Balaban J connectivity index is 1.97. The number of hydrogen-bond acceptors (Lipinski definition) is 5. The van der Waals surface area contributed by atoms with Gasteiger partial charge in [-0.3, -0.25) is 9.20 Å².